The predicted molar refractivity (Wildman–Crippen MR) is 45.7 cm³/mol. The number of hydrazine groups is 1. The molecule has 0 aliphatic carbocycles. The van der Waals surface area contributed by atoms with Crippen LogP contribution in [-0.2, 0) is 11.3 Å². The predicted octanol–water partition coefficient (Wildman–Crippen LogP) is 0.420. The van der Waals surface area contributed by atoms with Gasteiger partial charge in [-0.3, -0.25) is 10.2 Å². The fraction of sp³-hybridized carbons (Fsp3) is 0.375. The van der Waals surface area contributed by atoms with E-state index in [9.17, 15) is 4.79 Å². The lowest BCUT2D eigenvalue weighted by Crippen LogP contribution is -2.30. The quantitative estimate of drug-likeness (QED) is 0.404. The first-order valence-electron chi connectivity index (χ1n) is 3.94. The number of hydrogen-bond donors (Lipinski definition) is 2. The molecular formula is C8H12N2O3. The smallest absolute Gasteiger partial charge is 0.301 e. The van der Waals surface area contributed by atoms with Crippen LogP contribution in [0.1, 0.15) is 23.0 Å². The molecule has 1 aromatic heterocycles. The molecule has 0 bridgehead atoms. The number of ether oxygens (including phenoxy) is 1. The van der Waals surface area contributed by atoms with Crippen molar-refractivity contribution in [3.05, 3.63) is 23.7 Å². The van der Waals surface area contributed by atoms with Gasteiger partial charge in [0.2, 0.25) is 0 Å². The van der Waals surface area contributed by atoms with Gasteiger partial charge in [0, 0.05) is 12.2 Å². The summed E-state index contributed by atoms with van der Waals surface area (Å²) in [6, 6.07) is 1.68. The lowest BCUT2D eigenvalue weighted by molar-refractivity contribution is 0.0912. The Hall–Kier alpha value is -1.33. The Balaban J connectivity index is 2.71. The fourth-order valence-corrected chi connectivity index (χ4v) is 0.926. The van der Waals surface area contributed by atoms with Crippen molar-refractivity contribution in [1.29, 1.82) is 0 Å². The topological polar surface area (TPSA) is 77.5 Å². The van der Waals surface area contributed by atoms with Gasteiger partial charge in [-0.2, -0.15) is 0 Å². The summed E-state index contributed by atoms with van der Waals surface area (Å²) in [6.45, 7) is 2.83. The van der Waals surface area contributed by atoms with Crippen LogP contribution in [-0.4, -0.2) is 12.5 Å². The van der Waals surface area contributed by atoms with E-state index < -0.39 is 5.91 Å². The molecule has 0 aliphatic rings. The van der Waals surface area contributed by atoms with Gasteiger partial charge < -0.3 is 9.15 Å². The van der Waals surface area contributed by atoms with E-state index in [1.54, 1.807) is 6.07 Å². The van der Waals surface area contributed by atoms with Crippen LogP contribution in [0.15, 0.2) is 16.7 Å². The Morgan fingerprint density at radius 1 is 1.77 bits per heavy atom. The van der Waals surface area contributed by atoms with Gasteiger partial charge in [-0.15, -0.1) is 0 Å². The molecule has 0 atom stereocenters. The highest BCUT2D eigenvalue weighted by Crippen LogP contribution is 2.11. The normalized spacial score (nSPS) is 10.0. The molecule has 1 rings (SSSR count). The highest BCUT2D eigenvalue weighted by molar-refractivity contribution is 5.92. The molecular weight excluding hydrogens is 172 g/mol. The van der Waals surface area contributed by atoms with Gasteiger partial charge in [-0.05, 0) is 13.0 Å². The molecule has 0 radical (unpaired) electrons. The van der Waals surface area contributed by atoms with Crippen LogP contribution in [0.5, 0.6) is 0 Å². The molecule has 3 N–H and O–H groups in total. The summed E-state index contributed by atoms with van der Waals surface area (Å²) in [5, 5.41) is 0. The second kappa shape index (κ2) is 4.64. The number of nitrogens with one attached hydrogen (secondary N) is 1. The van der Waals surface area contributed by atoms with E-state index in [1.807, 2.05) is 12.3 Å². The van der Waals surface area contributed by atoms with Crippen molar-refractivity contribution in [2.45, 2.75) is 13.5 Å². The number of rotatable bonds is 4. The van der Waals surface area contributed by atoms with Gasteiger partial charge in [0.15, 0.2) is 5.76 Å². The number of carbonyl (C=O) groups is 1. The molecule has 5 nitrogen and oxygen atoms in total. The third-order valence-corrected chi connectivity index (χ3v) is 1.55. The van der Waals surface area contributed by atoms with E-state index in [0.29, 0.717) is 18.8 Å². The molecule has 0 spiro atoms. The van der Waals surface area contributed by atoms with Crippen molar-refractivity contribution in [2.75, 3.05) is 6.61 Å². The Bertz CT molecular complexity index is 283. The van der Waals surface area contributed by atoms with Gasteiger partial charge in [0.05, 0.1) is 12.9 Å². The second-order valence-electron chi connectivity index (χ2n) is 2.39. The van der Waals surface area contributed by atoms with Crippen molar-refractivity contribution in [3.63, 3.8) is 0 Å². The van der Waals surface area contributed by atoms with Crippen molar-refractivity contribution >= 4 is 5.91 Å². The van der Waals surface area contributed by atoms with E-state index in [-0.39, 0.29) is 5.76 Å². The van der Waals surface area contributed by atoms with E-state index in [0.717, 1.165) is 0 Å². The summed E-state index contributed by atoms with van der Waals surface area (Å²) < 4.78 is 10.1. The van der Waals surface area contributed by atoms with E-state index >= 15 is 0 Å². The van der Waals surface area contributed by atoms with Crippen LogP contribution in [0.25, 0.3) is 0 Å². The van der Waals surface area contributed by atoms with E-state index in [2.05, 4.69) is 0 Å². The SMILES string of the molecule is CCOCc1ccoc1C(=O)NN. The van der Waals surface area contributed by atoms with Gasteiger partial charge in [0.1, 0.15) is 0 Å². The molecule has 0 saturated carbocycles. The maximum Gasteiger partial charge on any atom is 0.301 e. The zero-order valence-electron chi connectivity index (χ0n) is 7.37. The maximum atomic E-state index is 11.1. The molecule has 72 valence electrons. The Morgan fingerprint density at radius 2 is 2.54 bits per heavy atom. The fourth-order valence-electron chi connectivity index (χ4n) is 0.926. The number of carbonyl (C=O) groups excluding carboxylic acids is 1. The molecule has 0 aromatic carbocycles. The first-order valence-corrected chi connectivity index (χ1v) is 3.94. The Morgan fingerprint density at radius 3 is 3.15 bits per heavy atom. The molecule has 0 unspecified atom stereocenters. The standard InChI is InChI=1S/C8H12N2O3/c1-2-12-5-6-3-4-13-7(6)8(11)10-9/h3-4H,2,5,9H2,1H3,(H,10,11). The largest absolute Gasteiger partial charge is 0.459 e. The number of hydrogen-bond acceptors (Lipinski definition) is 4. The zero-order valence-corrected chi connectivity index (χ0v) is 7.37. The zero-order chi connectivity index (χ0) is 9.68. The van der Waals surface area contributed by atoms with Crippen molar-refractivity contribution in [1.82, 2.24) is 5.43 Å². The van der Waals surface area contributed by atoms with Crippen LogP contribution >= 0.6 is 0 Å². The van der Waals surface area contributed by atoms with Crippen LogP contribution in [0, 0.1) is 0 Å². The third-order valence-electron chi connectivity index (χ3n) is 1.55. The lowest BCUT2D eigenvalue weighted by atomic mass is 10.2. The monoisotopic (exact) mass is 184 g/mol. The summed E-state index contributed by atoms with van der Waals surface area (Å²) in [7, 11) is 0. The van der Waals surface area contributed by atoms with Gasteiger partial charge in [-0.25, -0.2) is 5.84 Å². The first kappa shape index (κ1) is 9.76. The van der Waals surface area contributed by atoms with E-state index in [1.165, 1.54) is 6.26 Å². The molecule has 1 aromatic rings. The highest BCUT2D eigenvalue weighted by Gasteiger charge is 2.13. The third kappa shape index (κ3) is 2.30. The minimum absolute atomic E-state index is 0.205. The van der Waals surface area contributed by atoms with Crippen LogP contribution in [0.2, 0.25) is 0 Å². The van der Waals surface area contributed by atoms with Gasteiger partial charge in [-0.1, -0.05) is 0 Å². The summed E-state index contributed by atoms with van der Waals surface area (Å²) in [6.07, 6.45) is 1.43. The summed E-state index contributed by atoms with van der Waals surface area (Å²) in [4.78, 5) is 11.1. The molecule has 0 aliphatic heterocycles. The molecule has 1 amide bonds. The maximum absolute atomic E-state index is 11.1. The van der Waals surface area contributed by atoms with Gasteiger partial charge >= 0.3 is 5.91 Å². The van der Waals surface area contributed by atoms with Crippen molar-refractivity contribution in [3.8, 4) is 0 Å². The summed E-state index contributed by atoms with van der Waals surface area (Å²) >= 11 is 0. The number of nitrogen functional groups attached to an aromatic ring is 1. The second-order valence-corrected chi connectivity index (χ2v) is 2.39. The Labute approximate surface area is 75.8 Å². The number of nitrogens with two attached hydrogens (primary N) is 1. The van der Waals surface area contributed by atoms with Crippen molar-refractivity contribution in [2.24, 2.45) is 5.84 Å². The molecule has 1 heterocycles. The molecule has 13 heavy (non-hydrogen) atoms. The lowest BCUT2D eigenvalue weighted by Gasteiger charge is -2.00. The minimum Gasteiger partial charge on any atom is -0.459 e. The molecule has 5 heteroatoms. The van der Waals surface area contributed by atoms with Crippen LogP contribution in [0.3, 0.4) is 0 Å². The van der Waals surface area contributed by atoms with Crippen molar-refractivity contribution < 1.29 is 13.9 Å². The van der Waals surface area contributed by atoms with E-state index in [4.69, 9.17) is 15.0 Å². The Kier molecular flexibility index (Phi) is 3.48. The summed E-state index contributed by atoms with van der Waals surface area (Å²) in [5.74, 6) is 4.72. The van der Waals surface area contributed by atoms with Crippen LogP contribution < -0.4 is 11.3 Å². The highest BCUT2D eigenvalue weighted by atomic mass is 16.5. The average Bonchev–Trinajstić information content (AvgIpc) is 2.61. The van der Waals surface area contributed by atoms with Crippen LogP contribution in [0.4, 0.5) is 0 Å². The average molecular weight is 184 g/mol. The number of amides is 1. The molecule has 0 saturated heterocycles. The summed E-state index contributed by atoms with van der Waals surface area (Å²) in [5.41, 5.74) is 2.69. The minimum atomic E-state index is -0.445. The number of furan rings is 1. The van der Waals surface area contributed by atoms with Gasteiger partial charge in [0.25, 0.3) is 0 Å². The molecule has 0 fully saturated rings. The first-order chi connectivity index (χ1) is 6.29.